The molecule has 0 aliphatic carbocycles. The van der Waals surface area contributed by atoms with Crippen LogP contribution in [0.3, 0.4) is 0 Å². The van der Waals surface area contributed by atoms with Gasteiger partial charge in [-0.25, -0.2) is 4.98 Å². The maximum Gasteiger partial charge on any atom is 0.255 e. The standard InChI is InChI=1S/C25H35N5O3/c1-19(20-6-3-2-4-7-20)14-23(31)28-12-9-25(33,10-13-28)17-30-18-27-22(15-24(30)32)29-11-5-8-21(26)16-29/h2-4,6-7,15,18-19,21,33H,5,8-14,16-17,26H2,1H3/t19?,21-/m0/s1. The summed E-state index contributed by atoms with van der Waals surface area (Å²) in [5.74, 6) is 0.903. The number of benzene rings is 1. The van der Waals surface area contributed by atoms with Crippen LogP contribution in [-0.2, 0) is 11.3 Å². The molecule has 178 valence electrons. The zero-order valence-corrected chi connectivity index (χ0v) is 19.4. The summed E-state index contributed by atoms with van der Waals surface area (Å²) in [6.45, 7) is 4.77. The largest absolute Gasteiger partial charge is 0.388 e. The summed E-state index contributed by atoms with van der Waals surface area (Å²) in [7, 11) is 0. The maximum atomic E-state index is 12.8. The Morgan fingerprint density at radius 2 is 1.97 bits per heavy atom. The van der Waals surface area contributed by atoms with Crippen molar-refractivity contribution in [1.82, 2.24) is 14.5 Å². The molecule has 0 radical (unpaired) electrons. The predicted octanol–water partition coefficient (Wildman–Crippen LogP) is 1.72. The summed E-state index contributed by atoms with van der Waals surface area (Å²) < 4.78 is 1.47. The van der Waals surface area contributed by atoms with Crippen LogP contribution in [0, 0.1) is 0 Å². The van der Waals surface area contributed by atoms with Gasteiger partial charge in [-0.3, -0.25) is 14.2 Å². The van der Waals surface area contributed by atoms with Crippen LogP contribution in [0.5, 0.6) is 0 Å². The van der Waals surface area contributed by atoms with E-state index >= 15 is 0 Å². The molecular weight excluding hydrogens is 418 g/mol. The van der Waals surface area contributed by atoms with Crippen LogP contribution in [0.25, 0.3) is 0 Å². The molecule has 2 aromatic rings. The molecule has 8 nitrogen and oxygen atoms in total. The van der Waals surface area contributed by atoms with Crippen LogP contribution in [-0.4, -0.2) is 63.3 Å². The molecule has 1 aromatic carbocycles. The predicted molar refractivity (Wildman–Crippen MR) is 128 cm³/mol. The summed E-state index contributed by atoms with van der Waals surface area (Å²) in [6, 6.07) is 11.7. The summed E-state index contributed by atoms with van der Waals surface area (Å²) in [5.41, 5.74) is 6.00. The zero-order valence-electron chi connectivity index (χ0n) is 19.4. The molecule has 0 spiro atoms. The first-order valence-corrected chi connectivity index (χ1v) is 12.0. The summed E-state index contributed by atoms with van der Waals surface area (Å²) >= 11 is 0. The Hall–Kier alpha value is -2.71. The van der Waals surface area contributed by atoms with Gasteiger partial charge in [0.15, 0.2) is 0 Å². The van der Waals surface area contributed by atoms with Crippen LogP contribution >= 0.6 is 0 Å². The van der Waals surface area contributed by atoms with Crippen molar-refractivity contribution in [3.63, 3.8) is 0 Å². The topological polar surface area (TPSA) is 105 Å². The van der Waals surface area contributed by atoms with E-state index in [0.717, 1.165) is 24.9 Å². The van der Waals surface area contributed by atoms with Gasteiger partial charge in [0.05, 0.1) is 18.5 Å². The molecule has 33 heavy (non-hydrogen) atoms. The fourth-order valence-electron chi connectivity index (χ4n) is 4.86. The highest BCUT2D eigenvalue weighted by Crippen LogP contribution is 2.26. The van der Waals surface area contributed by atoms with Gasteiger partial charge in [-0.15, -0.1) is 0 Å². The Morgan fingerprint density at radius 1 is 1.24 bits per heavy atom. The van der Waals surface area contributed by atoms with E-state index in [-0.39, 0.29) is 30.0 Å². The molecule has 2 saturated heterocycles. The van der Waals surface area contributed by atoms with Gasteiger partial charge in [-0.2, -0.15) is 0 Å². The highest BCUT2D eigenvalue weighted by Gasteiger charge is 2.35. The highest BCUT2D eigenvalue weighted by molar-refractivity contribution is 5.77. The number of amides is 1. The monoisotopic (exact) mass is 453 g/mol. The number of aliphatic hydroxyl groups is 1. The molecule has 2 aliphatic heterocycles. The van der Waals surface area contributed by atoms with Crippen molar-refractivity contribution in [3.8, 4) is 0 Å². The van der Waals surface area contributed by atoms with Gasteiger partial charge in [-0.05, 0) is 37.2 Å². The van der Waals surface area contributed by atoms with Crippen molar-refractivity contribution in [2.24, 2.45) is 5.73 Å². The van der Waals surface area contributed by atoms with Gasteiger partial charge in [0.2, 0.25) is 5.91 Å². The third-order valence-electron chi connectivity index (χ3n) is 7.01. The molecule has 4 rings (SSSR count). The first kappa shape index (κ1) is 23.4. The molecule has 0 saturated carbocycles. The van der Waals surface area contributed by atoms with E-state index in [1.165, 1.54) is 17.0 Å². The van der Waals surface area contributed by atoms with Gasteiger partial charge < -0.3 is 20.6 Å². The van der Waals surface area contributed by atoms with E-state index in [1.807, 2.05) is 35.2 Å². The van der Waals surface area contributed by atoms with Crippen LogP contribution < -0.4 is 16.2 Å². The number of carbonyl (C=O) groups is 1. The van der Waals surface area contributed by atoms with E-state index in [9.17, 15) is 14.7 Å². The van der Waals surface area contributed by atoms with Crippen molar-refractivity contribution >= 4 is 11.7 Å². The second-order valence-corrected chi connectivity index (χ2v) is 9.68. The van der Waals surface area contributed by atoms with Crippen molar-refractivity contribution < 1.29 is 9.90 Å². The number of likely N-dealkylation sites (tertiary alicyclic amines) is 1. The quantitative estimate of drug-likeness (QED) is 0.690. The lowest BCUT2D eigenvalue weighted by Gasteiger charge is -2.38. The average molecular weight is 454 g/mol. The Kier molecular flexibility index (Phi) is 7.14. The molecule has 3 heterocycles. The molecule has 1 unspecified atom stereocenters. The third-order valence-corrected chi connectivity index (χ3v) is 7.01. The van der Waals surface area contributed by atoms with Crippen molar-refractivity contribution in [1.29, 1.82) is 0 Å². The van der Waals surface area contributed by atoms with Crippen LogP contribution in [0.15, 0.2) is 47.5 Å². The zero-order chi connectivity index (χ0) is 23.4. The normalized spacial score (nSPS) is 21.6. The van der Waals surface area contributed by atoms with E-state index in [0.29, 0.717) is 44.7 Å². The number of piperidine rings is 2. The third kappa shape index (κ3) is 5.81. The number of nitrogens with zero attached hydrogens (tertiary/aromatic N) is 4. The minimum atomic E-state index is -1.03. The molecule has 1 aromatic heterocycles. The van der Waals surface area contributed by atoms with Crippen LogP contribution in [0.2, 0.25) is 0 Å². The smallest absolute Gasteiger partial charge is 0.255 e. The minimum absolute atomic E-state index is 0.104. The Balaban J connectivity index is 1.32. The lowest BCUT2D eigenvalue weighted by atomic mass is 9.90. The molecule has 2 atom stereocenters. The number of aromatic nitrogens is 2. The first-order chi connectivity index (χ1) is 15.8. The maximum absolute atomic E-state index is 12.8. The Bertz CT molecular complexity index is 1000. The second-order valence-electron chi connectivity index (χ2n) is 9.68. The van der Waals surface area contributed by atoms with Crippen LogP contribution in [0.4, 0.5) is 5.82 Å². The van der Waals surface area contributed by atoms with E-state index in [4.69, 9.17) is 5.73 Å². The number of hydrogen-bond acceptors (Lipinski definition) is 6. The first-order valence-electron chi connectivity index (χ1n) is 12.0. The number of rotatable bonds is 6. The highest BCUT2D eigenvalue weighted by atomic mass is 16.3. The fraction of sp³-hybridized carbons (Fsp3) is 0.560. The van der Waals surface area contributed by atoms with Crippen LogP contribution in [0.1, 0.15) is 50.5 Å². The molecular formula is C25H35N5O3. The van der Waals surface area contributed by atoms with E-state index < -0.39 is 5.60 Å². The van der Waals surface area contributed by atoms with E-state index in [2.05, 4.69) is 16.8 Å². The van der Waals surface area contributed by atoms with E-state index in [1.54, 1.807) is 0 Å². The Morgan fingerprint density at radius 3 is 2.64 bits per heavy atom. The van der Waals surface area contributed by atoms with Crippen molar-refractivity contribution in [3.05, 3.63) is 58.6 Å². The van der Waals surface area contributed by atoms with Crippen molar-refractivity contribution in [2.45, 2.75) is 63.1 Å². The SMILES string of the molecule is CC(CC(=O)N1CCC(O)(Cn2cnc(N3CCC[C@H](N)C3)cc2=O)CC1)c1ccccc1. The lowest BCUT2D eigenvalue weighted by molar-refractivity contribution is -0.136. The van der Waals surface area contributed by atoms with Gasteiger partial charge >= 0.3 is 0 Å². The Labute approximate surface area is 195 Å². The number of anilines is 1. The van der Waals surface area contributed by atoms with Crippen molar-refractivity contribution in [2.75, 3.05) is 31.1 Å². The molecule has 1 amide bonds. The molecule has 8 heteroatoms. The lowest BCUT2D eigenvalue weighted by Crippen LogP contribution is -2.50. The molecule has 3 N–H and O–H groups in total. The van der Waals surface area contributed by atoms with Gasteiger partial charge in [0.1, 0.15) is 5.82 Å². The summed E-state index contributed by atoms with van der Waals surface area (Å²) in [5, 5.41) is 11.1. The average Bonchev–Trinajstić information content (AvgIpc) is 2.81. The van der Waals surface area contributed by atoms with Gasteiger partial charge in [0, 0.05) is 44.7 Å². The number of hydrogen-bond donors (Lipinski definition) is 2. The molecule has 2 aliphatic rings. The van der Waals surface area contributed by atoms with Gasteiger partial charge in [0.25, 0.3) is 5.56 Å². The molecule has 2 fully saturated rings. The van der Waals surface area contributed by atoms with Gasteiger partial charge in [-0.1, -0.05) is 37.3 Å². The minimum Gasteiger partial charge on any atom is -0.388 e. The summed E-state index contributed by atoms with van der Waals surface area (Å²) in [6.07, 6.45) is 4.83. The number of carbonyl (C=O) groups excluding carboxylic acids is 1. The summed E-state index contributed by atoms with van der Waals surface area (Å²) in [4.78, 5) is 33.8. The molecule has 0 bridgehead atoms. The fourth-order valence-corrected chi connectivity index (χ4v) is 4.86. The second kappa shape index (κ2) is 10.1. The number of nitrogens with two attached hydrogens (primary N) is 1.